The second kappa shape index (κ2) is 9.07. The molecule has 0 saturated carbocycles. The predicted octanol–water partition coefficient (Wildman–Crippen LogP) is 3.12. The van der Waals surface area contributed by atoms with Gasteiger partial charge in [-0.25, -0.2) is 0 Å². The number of carbonyl (C=O) groups excluding carboxylic acids is 2. The molecule has 8 nitrogen and oxygen atoms in total. The maximum atomic E-state index is 12.3. The van der Waals surface area contributed by atoms with E-state index < -0.39 is 11.8 Å². The molecule has 1 aliphatic heterocycles. The lowest BCUT2D eigenvalue weighted by atomic mass is 9.97. The van der Waals surface area contributed by atoms with E-state index in [2.05, 4.69) is 20.5 Å². The zero-order valence-corrected chi connectivity index (χ0v) is 17.7. The Balaban J connectivity index is 1.26. The smallest absolute Gasteiger partial charge is 0.313 e. The number of oxazole rings is 1. The van der Waals surface area contributed by atoms with Crippen LogP contribution in [0.15, 0.2) is 46.9 Å². The second-order valence-electron chi connectivity index (χ2n) is 7.76. The summed E-state index contributed by atoms with van der Waals surface area (Å²) in [6, 6.07) is 13.7. The van der Waals surface area contributed by atoms with Gasteiger partial charge in [-0.3, -0.25) is 9.59 Å². The van der Waals surface area contributed by atoms with Crippen molar-refractivity contribution < 1.29 is 18.7 Å². The molecular formula is C23H26N4O4. The highest BCUT2D eigenvalue weighted by Gasteiger charge is 2.24. The van der Waals surface area contributed by atoms with Gasteiger partial charge in [0.2, 0.25) is 0 Å². The molecule has 0 radical (unpaired) electrons. The first-order valence-corrected chi connectivity index (χ1v) is 10.4. The normalized spacial score (nSPS) is 14.5. The van der Waals surface area contributed by atoms with Crippen molar-refractivity contribution in [2.24, 2.45) is 5.92 Å². The maximum Gasteiger partial charge on any atom is 0.313 e. The molecule has 1 saturated heterocycles. The third-order valence-electron chi connectivity index (χ3n) is 5.53. The van der Waals surface area contributed by atoms with Gasteiger partial charge in [-0.1, -0.05) is 18.2 Å². The molecule has 0 spiro atoms. The fraction of sp³-hybridized carbons (Fsp3) is 0.348. The van der Waals surface area contributed by atoms with E-state index in [1.165, 1.54) is 7.11 Å². The number of ether oxygens (including phenoxy) is 1. The van der Waals surface area contributed by atoms with Crippen molar-refractivity contribution in [2.45, 2.75) is 19.8 Å². The van der Waals surface area contributed by atoms with Crippen LogP contribution in [0.4, 0.5) is 11.7 Å². The van der Waals surface area contributed by atoms with Crippen molar-refractivity contribution >= 4 is 34.6 Å². The van der Waals surface area contributed by atoms with Crippen molar-refractivity contribution in [3.63, 3.8) is 0 Å². The summed E-state index contributed by atoms with van der Waals surface area (Å²) in [5.74, 6) is -0.540. The summed E-state index contributed by atoms with van der Waals surface area (Å²) in [7, 11) is 1.52. The molecule has 1 aromatic heterocycles. The average molecular weight is 422 g/mol. The second-order valence-corrected chi connectivity index (χ2v) is 7.76. The first-order valence-electron chi connectivity index (χ1n) is 10.4. The summed E-state index contributed by atoms with van der Waals surface area (Å²) in [6.07, 6.45) is 1.76. The number of aromatic nitrogens is 1. The number of rotatable bonds is 5. The number of benzene rings is 2. The van der Waals surface area contributed by atoms with Gasteiger partial charge in [0.1, 0.15) is 11.3 Å². The molecule has 31 heavy (non-hydrogen) atoms. The summed E-state index contributed by atoms with van der Waals surface area (Å²) in [5.41, 5.74) is 3.07. The molecule has 0 unspecified atom stereocenters. The Kier molecular flexibility index (Phi) is 6.06. The van der Waals surface area contributed by atoms with E-state index in [1.54, 1.807) is 12.1 Å². The van der Waals surface area contributed by atoms with Crippen LogP contribution in [0.5, 0.6) is 5.75 Å². The summed E-state index contributed by atoms with van der Waals surface area (Å²) in [5, 5.41) is 5.38. The van der Waals surface area contributed by atoms with Crippen molar-refractivity contribution in [3.8, 4) is 5.75 Å². The molecular weight excluding hydrogens is 396 g/mol. The number of methoxy groups -OCH3 is 1. The van der Waals surface area contributed by atoms with E-state index >= 15 is 0 Å². The van der Waals surface area contributed by atoms with E-state index in [4.69, 9.17) is 9.15 Å². The number of amides is 2. The van der Waals surface area contributed by atoms with E-state index in [-0.39, 0.29) is 0 Å². The Morgan fingerprint density at radius 2 is 1.94 bits per heavy atom. The van der Waals surface area contributed by atoms with E-state index in [0.717, 1.165) is 42.6 Å². The van der Waals surface area contributed by atoms with Crippen LogP contribution in [0.25, 0.3) is 11.1 Å². The Bertz CT molecular complexity index is 1050. The summed E-state index contributed by atoms with van der Waals surface area (Å²) < 4.78 is 11.1. The predicted molar refractivity (Wildman–Crippen MR) is 118 cm³/mol. The molecule has 3 aromatic rings. The maximum absolute atomic E-state index is 12.3. The molecule has 1 aliphatic rings. The van der Waals surface area contributed by atoms with Crippen molar-refractivity contribution in [1.29, 1.82) is 0 Å². The van der Waals surface area contributed by atoms with Gasteiger partial charge in [-0.15, -0.1) is 0 Å². The summed E-state index contributed by atoms with van der Waals surface area (Å²) in [6.45, 7) is 3.95. The summed E-state index contributed by atoms with van der Waals surface area (Å²) in [4.78, 5) is 31.2. The highest BCUT2D eigenvalue weighted by atomic mass is 16.5. The van der Waals surface area contributed by atoms with Crippen molar-refractivity contribution in [1.82, 2.24) is 10.3 Å². The molecule has 0 aliphatic carbocycles. The number of para-hydroxylation sites is 2. The number of carbonyl (C=O) groups is 2. The molecule has 2 amide bonds. The lowest BCUT2D eigenvalue weighted by Crippen LogP contribution is -2.42. The third-order valence-corrected chi connectivity index (χ3v) is 5.53. The molecule has 2 aromatic carbocycles. The number of fused-ring (bicyclic) bond motifs is 1. The van der Waals surface area contributed by atoms with Crippen LogP contribution >= 0.6 is 0 Å². The lowest BCUT2D eigenvalue weighted by molar-refractivity contribution is -0.136. The van der Waals surface area contributed by atoms with Gasteiger partial charge in [-0.05, 0) is 55.5 Å². The van der Waals surface area contributed by atoms with Crippen LogP contribution < -0.4 is 20.3 Å². The Morgan fingerprint density at radius 3 is 2.68 bits per heavy atom. The topological polar surface area (TPSA) is 96.7 Å². The molecule has 1 fully saturated rings. The van der Waals surface area contributed by atoms with Gasteiger partial charge in [0.05, 0.1) is 12.8 Å². The van der Waals surface area contributed by atoms with Gasteiger partial charge in [0, 0.05) is 19.6 Å². The van der Waals surface area contributed by atoms with Gasteiger partial charge in [-0.2, -0.15) is 4.98 Å². The van der Waals surface area contributed by atoms with Crippen LogP contribution in [0.2, 0.25) is 0 Å². The number of anilines is 2. The monoisotopic (exact) mass is 422 g/mol. The standard InChI is InChI=1S/C23H26N4O4/c1-15-7-8-19(30-2)18(13-15)25-22(29)21(28)24-14-16-9-11-27(12-10-16)23-26-17-5-3-4-6-20(17)31-23/h3-8,13,16H,9-12,14H2,1-2H3,(H,24,28)(H,25,29). The fourth-order valence-electron chi connectivity index (χ4n) is 3.74. The van der Waals surface area contributed by atoms with Crippen LogP contribution in [-0.2, 0) is 9.59 Å². The SMILES string of the molecule is COc1ccc(C)cc1NC(=O)C(=O)NCC1CCN(c2nc3ccccc3o2)CC1. The Hall–Kier alpha value is -3.55. The van der Waals surface area contributed by atoms with Crippen molar-refractivity contribution in [2.75, 3.05) is 37.0 Å². The number of aryl methyl sites for hydroxylation is 1. The Labute approximate surface area is 180 Å². The van der Waals surface area contributed by atoms with E-state index in [0.29, 0.717) is 29.9 Å². The largest absolute Gasteiger partial charge is 0.495 e. The fourth-order valence-corrected chi connectivity index (χ4v) is 3.74. The molecule has 2 N–H and O–H groups in total. The minimum absolute atomic E-state index is 0.297. The molecule has 162 valence electrons. The quantitative estimate of drug-likeness (QED) is 0.614. The number of nitrogens with zero attached hydrogens (tertiary/aromatic N) is 2. The molecule has 2 heterocycles. The molecule has 0 bridgehead atoms. The highest BCUT2D eigenvalue weighted by Crippen LogP contribution is 2.27. The van der Waals surface area contributed by atoms with E-state index in [9.17, 15) is 9.59 Å². The molecule has 8 heteroatoms. The number of piperidine rings is 1. The van der Waals surface area contributed by atoms with Gasteiger partial charge in [0.15, 0.2) is 5.58 Å². The zero-order valence-electron chi connectivity index (χ0n) is 17.7. The first kappa shape index (κ1) is 20.7. The molecule has 4 rings (SSSR count). The number of hydrogen-bond donors (Lipinski definition) is 2. The van der Waals surface area contributed by atoms with Crippen molar-refractivity contribution in [3.05, 3.63) is 48.0 Å². The average Bonchev–Trinajstić information content (AvgIpc) is 3.22. The van der Waals surface area contributed by atoms with Gasteiger partial charge < -0.3 is 24.7 Å². The van der Waals surface area contributed by atoms with Crippen LogP contribution in [0.3, 0.4) is 0 Å². The highest BCUT2D eigenvalue weighted by molar-refractivity contribution is 6.39. The third kappa shape index (κ3) is 4.79. The molecule has 0 atom stereocenters. The van der Waals surface area contributed by atoms with Crippen LogP contribution in [0.1, 0.15) is 18.4 Å². The van der Waals surface area contributed by atoms with Gasteiger partial charge in [0.25, 0.3) is 6.01 Å². The van der Waals surface area contributed by atoms with Gasteiger partial charge >= 0.3 is 11.8 Å². The first-order chi connectivity index (χ1) is 15.0. The minimum atomic E-state index is -0.701. The lowest BCUT2D eigenvalue weighted by Gasteiger charge is -2.30. The number of nitrogens with one attached hydrogen (secondary N) is 2. The summed E-state index contributed by atoms with van der Waals surface area (Å²) >= 11 is 0. The van der Waals surface area contributed by atoms with Crippen LogP contribution in [0, 0.1) is 12.8 Å². The zero-order chi connectivity index (χ0) is 21.8. The minimum Gasteiger partial charge on any atom is -0.495 e. The van der Waals surface area contributed by atoms with E-state index in [1.807, 2.05) is 37.3 Å². The van der Waals surface area contributed by atoms with Crippen LogP contribution in [-0.4, -0.2) is 43.5 Å². The number of hydrogen-bond acceptors (Lipinski definition) is 6. The Morgan fingerprint density at radius 1 is 1.16 bits per heavy atom.